The SMILES string of the molecule is CCOC(=O)C1=C(C)N=c2sc(=Cc3cccc(OCc4ccccc4[N+](=O)[O-])c3)c(=O)n2[C@@H]1c1ccccc1. The van der Waals surface area contributed by atoms with E-state index in [1.165, 1.54) is 17.4 Å². The van der Waals surface area contributed by atoms with Gasteiger partial charge in [-0.15, -0.1) is 0 Å². The minimum atomic E-state index is -0.671. The molecule has 0 radical (unpaired) electrons. The highest BCUT2D eigenvalue weighted by Gasteiger charge is 2.33. The van der Waals surface area contributed by atoms with Gasteiger partial charge in [0.15, 0.2) is 4.80 Å². The van der Waals surface area contributed by atoms with Gasteiger partial charge in [0.05, 0.1) is 38.9 Å². The van der Waals surface area contributed by atoms with E-state index in [9.17, 15) is 19.7 Å². The van der Waals surface area contributed by atoms with Gasteiger partial charge in [0.1, 0.15) is 12.4 Å². The molecule has 0 amide bonds. The van der Waals surface area contributed by atoms with Crippen LogP contribution < -0.4 is 19.6 Å². The predicted octanol–water partition coefficient (Wildman–Crippen LogP) is 4.29. The first-order chi connectivity index (χ1) is 19.4. The van der Waals surface area contributed by atoms with Gasteiger partial charge in [-0.2, -0.15) is 0 Å². The van der Waals surface area contributed by atoms with Gasteiger partial charge >= 0.3 is 5.97 Å². The van der Waals surface area contributed by atoms with Crippen molar-refractivity contribution in [2.24, 2.45) is 4.99 Å². The Bertz CT molecular complexity index is 1810. The first-order valence-corrected chi connectivity index (χ1v) is 13.4. The molecular weight excluding hydrogens is 530 g/mol. The number of esters is 1. The average Bonchev–Trinajstić information content (AvgIpc) is 3.25. The fourth-order valence-electron chi connectivity index (χ4n) is 4.56. The maximum atomic E-state index is 13.7. The second-order valence-corrected chi connectivity index (χ2v) is 9.97. The van der Waals surface area contributed by atoms with Gasteiger partial charge < -0.3 is 9.47 Å². The maximum Gasteiger partial charge on any atom is 0.338 e. The van der Waals surface area contributed by atoms with E-state index >= 15 is 0 Å². The number of hydrogen-bond acceptors (Lipinski definition) is 8. The van der Waals surface area contributed by atoms with Gasteiger partial charge in [0, 0.05) is 6.07 Å². The molecule has 1 aliphatic heterocycles. The van der Waals surface area contributed by atoms with E-state index < -0.39 is 16.9 Å². The molecule has 0 saturated carbocycles. The zero-order chi connectivity index (χ0) is 28.2. The summed E-state index contributed by atoms with van der Waals surface area (Å²) in [5.74, 6) is -0.00216. The van der Waals surface area contributed by atoms with Crippen LogP contribution in [0.5, 0.6) is 5.75 Å². The molecule has 40 heavy (non-hydrogen) atoms. The lowest BCUT2D eigenvalue weighted by Gasteiger charge is -2.24. The lowest BCUT2D eigenvalue weighted by atomic mass is 9.96. The van der Waals surface area contributed by atoms with Gasteiger partial charge in [-0.05, 0) is 49.2 Å². The summed E-state index contributed by atoms with van der Waals surface area (Å²) >= 11 is 1.23. The Labute approximate surface area is 233 Å². The highest BCUT2D eigenvalue weighted by molar-refractivity contribution is 7.07. The highest BCUT2D eigenvalue weighted by Crippen LogP contribution is 2.30. The number of nitro benzene ring substituents is 1. The zero-order valence-electron chi connectivity index (χ0n) is 21.8. The summed E-state index contributed by atoms with van der Waals surface area (Å²) in [6.45, 7) is 3.71. The fourth-order valence-corrected chi connectivity index (χ4v) is 5.61. The quantitative estimate of drug-likeness (QED) is 0.182. The summed E-state index contributed by atoms with van der Waals surface area (Å²) in [5, 5.41) is 11.3. The third kappa shape index (κ3) is 5.34. The van der Waals surface area contributed by atoms with Crippen LogP contribution in [0.3, 0.4) is 0 Å². The normalized spacial score (nSPS) is 14.8. The molecule has 0 spiro atoms. The first-order valence-electron chi connectivity index (χ1n) is 12.6. The standard InChI is InChI=1S/C30H25N3O6S/c1-3-38-29(35)26-19(2)31-30-32(27(26)21-11-5-4-6-12-21)28(34)25(40-30)17-20-10-9-14-23(16-20)39-18-22-13-7-8-15-24(22)33(36)37/h4-17,27H,3,18H2,1-2H3/t27-/m1/s1. The molecule has 0 fully saturated rings. The Hall–Kier alpha value is -4.83. The Morgan fingerprint density at radius 3 is 2.60 bits per heavy atom. The van der Waals surface area contributed by atoms with Crippen LogP contribution in [0.1, 0.15) is 36.6 Å². The second kappa shape index (κ2) is 11.5. The molecule has 1 aromatic heterocycles. The van der Waals surface area contributed by atoms with Crippen molar-refractivity contribution in [3.8, 4) is 5.75 Å². The molecule has 1 atom stereocenters. The van der Waals surface area contributed by atoms with Crippen LogP contribution in [-0.4, -0.2) is 22.1 Å². The monoisotopic (exact) mass is 555 g/mol. The van der Waals surface area contributed by atoms with Crippen LogP contribution in [0.2, 0.25) is 0 Å². The summed E-state index contributed by atoms with van der Waals surface area (Å²) < 4.78 is 13.1. The lowest BCUT2D eigenvalue weighted by molar-refractivity contribution is -0.385. The van der Waals surface area contributed by atoms with E-state index in [1.807, 2.05) is 36.4 Å². The number of aromatic nitrogens is 1. The summed E-state index contributed by atoms with van der Waals surface area (Å²) in [4.78, 5) is 42.7. The number of ether oxygens (including phenoxy) is 2. The van der Waals surface area contributed by atoms with E-state index in [2.05, 4.69) is 4.99 Å². The molecule has 4 aromatic rings. The van der Waals surface area contributed by atoms with Crippen LogP contribution in [0.15, 0.2) is 99.9 Å². The van der Waals surface area contributed by atoms with Crippen LogP contribution in [0.4, 0.5) is 5.69 Å². The number of hydrogen-bond donors (Lipinski definition) is 0. The molecule has 0 unspecified atom stereocenters. The fraction of sp³-hybridized carbons (Fsp3) is 0.167. The molecule has 3 aromatic carbocycles. The lowest BCUT2D eigenvalue weighted by Crippen LogP contribution is -2.39. The number of nitro groups is 1. The number of thiazole rings is 1. The summed E-state index contributed by atoms with van der Waals surface area (Å²) in [7, 11) is 0. The van der Waals surface area contributed by atoms with Crippen LogP contribution in [0.25, 0.3) is 6.08 Å². The molecule has 10 heteroatoms. The first kappa shape index (κ1) is 26.8. The van der Waals surface area contributed by atoms with Crippen molar-refractivity contribution in [2.75, 3.05) is 6.61 Å². The van der Waals surface area contributed by atoms with Gasteiger partial charge in [0.2, 0.25) is 0 Å². The van der Waals surface area contributed by atoms with Crippen LogP contribution in [0, 0.1) is 10.1 Å². The van der Waals surface area contributed by atoms with Crippen molar-refractivity contribution in [2.45, 2.75) is 26.5 Å². The van der Waals surface area contributed by atoms with Crippen LogP contribution in [-0.2, 0) is 16.1 Å². The van der Waals surface area contributed by atoms with Crippen LogP contribution >= 0.6 is 11.3 Å². The number of allylic oxidation sites excluding steroid dienone is 1. The molecule has 0 aliphatic carbocycles. The Kier molecular flexibility index (Phi) is 7.70. The smallest absolute Gasteiger partial charge is 0.338 e. The largest absolute Gasteiger partial charge is 0.489 e. The Morgan fingerprint density at radius 2 is 1.85 bits per heavy atom. The minimum absolute atomic E-state index is 0.00906. The summed E-state index contributed by atoms with van der Waals surface area (Å²) in [5.41, 5.74) is 2.49. The van der Waals surface area contributed by atoms with Crippen molar-refractivity contribution in [1.29, 1.82) is 0 Å². The average molecular weight is 556 g/mol. The van der Waals surface area contributed by atoms with E-state index in [1.54, 1.807) is 60.9 Å². The second-order valence-electron chi connectivity index (χ2n) is 8.96. The van der Waals surface area contributed by atoms with Crippen molar-refractivity contribution in [1.82, 2.24) is 4.57 Å². The third-order valence-electron chi connectivity index (χ3n) is 6.37. The van der Waals surface area contributed by atoms with Gasteiger partial charge in [-0.3, -0.25) is 19.5 Å². The van der Waals surface area contributed by atoms with Gasteiger partial charge in [-0.25, -0.2) is 9.79 Å². The molecule has 0 bridgehead atoms. The molecule has 5 rings (SSSR count). The Morgan fingerprint density at radius 1 is 1.10 bits per heavy atom. The number of carbonyl (C=O) groups excluding carboxylic acids is 1. The highest BCUT2D eigenvalue weighted by atomic mass is 32.1. The molecule has 2 heterocycles. The van der Waals surface area contributed by atoms with Crippen molar-refractivity contribution in [3.05, 3.63) is 137 Å². The maximum absolute atomic E-state index is 13.7. The molecule has 0 saturated heterocycles. The topological polar surface area (TPSA) is 113 Å². The number of para-hydroxylation sites is 1. The van der Waals surface area contributed by atoms with Crippen molar-refractivity contribution in [3.63, 3.8) is 0 Å². The van der Waals surface area contributed by atoms with Gasteiger partial charge in [0.25, 0.3) is 11.2 Å². The van der Waals surface area contributed by atoms with E-state index in [0.717, 1.165) is 5.56 Å². The molecule has 202 valence electrons. The van der Waals surface area contributed by atoms with E-state index in [-0.39, 0.29) is 24.5 Å². The number of fused-ring (bicyclic) bond motifs is 1. The summed E-state index contributed by atoms with van der Waals surface area (Å²) in [6.07, 6.45) is 1.74. The van der Waals surface area contributed by atoms with Crippen molar-refractivity contribution < 1.29 is 19.2 Å². The Balaban J connectivity index is 1.52. The molecule has 0 N–H and O–H groups in total. The molecule has 9 nitrogen and oxygen atoms in total. The molecular formula is C30H25N3O6S. The number of nitrogens with zero attached hydrogens (tertiary/aromatic N) is 3. The van der Waals surface area contributed by atoms with E-state index in [0.29, 0.717) is 37.5 Å². The predicted molar refractivity (Wildman–Crippen MR) is 151 cm³/mol. The number of rotatable bonds is 8. The zero-order valence-corrected chi connectivity index (χ0v) is 22.6. The third-order valence-corrected chi connectivity index (χ3v) is 7.35. The van der Waals surface area contributed by atoms with E-state index in [4.69, 9.17) is 9.47 Å². The number of carbonyl (C=O) groups is 1. The van der Waals surface area contributed by atoms with Crippen molar-refractivity contribution >= 4 is 29.1 Å². The molecule has 1 aliphatic rings. The number of benzene rings is 3. The summed E-state index contributed by atoms with van der Waals surface area (Å²) in [6, 6.07) is 22.2. The van der Waals surface area contributed by atoms with Gasteiger partial charge in [-0.1, -0.05) is 65.9 Å². The minimum Gasteiger partial charge on any atom is -0.489 e.